The van der Waals surface area contributed by atoms with Gasteiger partial charge in [-0.15, -0.1) is 0 Å². The molecule has 92 valence electrons. The van der Waals surface area contributed by atoms with Crippen LogP contribution in [0.1, 0.15) is 11.1 Å². The van der Waals surface area contributed by atoms with Crippen LogP contribution < -0.4 is 5.32 Å². The average Bonchev–Trinajstić information content (AvgIpc) is 2.34. The second-order valence-corrected chi connectivity index (χ2v) is 4.27. The summed E-state index contributed by atoms with van der Waals surface area (Å²) in [7, 11) is 0. The van der Waals surface area contributed by atoms with Gasteiger partial charge in [-0.1, -0.05) is 23.8 Å². The zero-order chi connectivity index (χ0) is 13.1. The number of nitro groups is 1. The molecule has 0 bridgehead atoms. The van der Waals surface area contributed by atoms with Crippen molar-refractivity contribution in [2.75, 3.05) is 5.32 Å². The number of nitrogens with zero attached hydrogens (tertiary/aromatic N) is 1. The molecule has 0 aliphatic rings. The molecule has 0 spiro atoms. The molecular formula is C14H14N2O2. The van der Waals surface area contributed by atoms with Gasteiger partial charge in [-0.3, -0.25) is 10.1 Å². The van der Waals surface area contributed by atoms with Gasteiger partial charge < -0.3 is 5.32 Å². The van der Waals surface area contributed by atoms with Crippen LogP contribution in [0.25, 0.3) is 0 Å². The normalized spacial score (nSPS) is 10.1. The van der Waals surface area contributed by atoms with Crippen molar-refractivity contribution in [3.05, 3.63) is 63.7 Å². The lowest BCUT2D eigenvalue weighted by Crippen LogP contribution is -1.97. The van der Waals surface area contributed by atoms with Crippen molar-refractivity contribution >= 4 is 17.1 Å². The number of aryl methyl sites for hydroxylation is 2. The fraction of sp³-hybridized carbons (Fsp3) is 0.143. The molecule has 0 aliphatic carbocycles. The van der Waals surface area contributed by atoms with Crippen LogP contribution in [0.15, 0.2) is 42.5 Å². The molecule has 0 unspecified atom stereocenters. The predicted octanol–water partition coefficient (Wildman–Crippen LogP) is 3.96. The van der Waals surface area contributed by atoms with E-state index in [-0.39, 0.29) is 10.6 Å². The third kappa shape index (κ3) is 2.66. The second-order valence-electron chi connectivity index (χ2n) is 4.27. The summed E-state index contributed by atoms with van der Waals surface area (Å²) >= 11 is 0. The summed E-state index contributed by atoms with van der Waals surface area (Å²) in [5.41, 5.74) is 3.47. The summed E-state index contributed by atoms with van der Waals surface area (Å²) in [5.74, 6) is 0. The van der Waals surface area contributed by atoms with Crippen molar-refractivity contribution in [3.8, 4) is 0 Å². The van der Waals surface area contributed by atoms with Crippen molar-refractivity contribution < 1.29 is 4.92 Å². The maximum absolute atomic E-state index is 11.0. The Hall–Kier alpha value is -2.36. The first-order valence-corrected chi connectivity index (χ1v) is 5.65. The molecule has 1 N–H and O–H groups in total. The monoisotopic (exact) mass is 242 g/mol. The highest BCUT2D eigenvalue weighted by Crippen LogP contribution is 2.28. The number of nitrogens with one attached hydrogen (secondary N) is 1. The standard InChI is InChI=1S/C14H14N2O2/c1-10-3-6-12(7-4-10)15-13-8-5-11(2)9-14(13)16(17)18/h3-9,15H,1-2H3. The van der Waals surface area contributed by atoms with Gasteiger partial charge >= 0.3 is 0 Å². The fourth-order valence-electron chi connectivity index (χ4n) is 1.69. The van der Waals surface area contributed by atoms with Crippen LogP contribution >= 0.6 is 0 Å². The molecule has 18 heavy (non-hydrogen) atoms. The lowest BCUT2D eigenvalue weighted by molar-refractivity contribution is -0.384. The van der Waals surface area contributed by atoms with Gasteiger partial charge in [0.05, 0.1) is 4.92 Å². The Bertz CT molecular complexity index is 577. The van der Waals surface area contributed by atoms with E-state index >= 15 is 0 Å². The lowest BCUT2D eigenvalue weighted by atomic mass is 10.1. The summed E-state index contributed by atoms with van der Waals surface area (Å²) in [4.78, 5) is 10.6. The Labute approximate surface area is 105 Å². The molecule has 0 saturated heterocycles. The minimum absolute atomic E-state index is 0.0931. The summed E-state index contributed by atoms with van der Waals surface area (Å²) in [6, 6.07) is 12.9. The van der Waals surface area contributed by atoms with Gasteiger partial charge in [0.15, 0.2) is 0 Å². The molecule has 0 amide bonds. The largest absolute Gasteiger partial charge is 0.350 e. The molecule has 0 aliphatic heterocycles. The fourth-order valence-corrected chi connectivity index (χ4v) is 1.69. The van der Waals surface area contributed by atoms with Crippen LogP contribution in [0.5, 0.6) is 0 Å². The van der Waals surface area contributed by atoms with Crippen LogP contribution in [0.3, 0.4) is 0 Å². The Kier molecular flexibility index (Phi) is 3.28. The molecule has 0 fully saturated rings. The molecule has 0 saturated carbocycles. The molecule has 0 aromatic heterocycles. The van der Waals surface area contributed by atoms with Gasteiger partial charge in [-0.2, -0.15) is 0 Å². The predicted molar refractivity (Wildman–Crippen MR) is 72.3 cm³/mol. The van der Waals surface area contributed by atoms with E-state index < -0.39 is 0 Å². The first-order chi connectivity index (χ1) is 8.56. The maximum Gasteiger partial charge on any atom is 0.292 e. The van der Waals surface area contributed by atoms with Gasteiger partial charge in [0.25, 0.3) is 5.69 Å². The molecule has 4 nitrogen and oxygen atoms in total. The van der Waals surface area contributed by atoms with E-state index in [1.54, 1.807) is 12.1 Å². The number of anilines is 2. The Morgan fingerprint density at radius 1 is 1.00 bits per heavy atom. The zero-order valence-corrected chi connectivity index (χ0v) is 10.3. The minimum atomic E-state index is -0.372. The average molecular weight is 242 g/mol. The minimum Gasteiger partial charge on any atom is -0.350 e. The van der Waals surface area contributed by atoms with E-state index in [0.717, 1.165) is 16.8 Å². The van der Waals surface area contributed by atoms with Crippen molar-refractivity contribution in [1.82, 2.24) is 0 Å². The van der Waals surface area contributed by atoms with Crippen molar-refractivity contribution in [3.63, 3.8) is 0 Å². The first kappa shape index (κ1) is 12.1. The molecule has 2 aromatic carbocycles. The van der Waals surface area contributed by atoms with Gasteiger partial charge in [0, 0.05) is 11.8 Å². The van der Waals surface area contributed by atoms with E-state index in [4.69, 9.17) is 0 Å². The maximum atomic E-state index is 11.0. The van der Waals surface area contributed by atoms with Crippen molar-refractivity contribution in [1.29, 1.82) is 0 Å². The summed E-state index contributed by atoms with van der Waals surface area (Å²) in [5, 5.41) is 14.1. The van der Waals surface area contributed by atoms with E-state index in [0.29, 0.717) is 5.69 Å². The van der Waals surface area contributed by atoms with Crippen LogP contribution in [-0.4, -0.2) is 4.92 Å². The molecular weight excluding hydrogens is 228 g/mol. The molecule has 0 radical (unpaired) electrons. The highest BCUT2D eigenvalue weighted by atomic mass is 16.6. The first-order valence-electron chi connectivity index (χ1n) is 5.65. The lowest BCUT2D eigenvalue weighted by Gasteiger charge is -2.08. The molecule has 4 heteroatoms. The Morgan fingerprint density at radius 2 is 1.61 bits per heavy atom. The van der Waals surface area contributed by atoms with Crippen LogP contribution in [-0.2, 0) is 0 Å². The Morgan fingerprint density at radius 3 is 2.22 bits per heavy atom. The van der Waals surface area contributed by atoms with E-state index in [9.17, 15) is 10.1 Å². The van der Waals surface area contributed by atoms with Gasteiger partial charge in [-0.05, 0) is 37.6 Å². The van der Waals surface area contributed by atoms with Crippen LogP contribution in [0, 0.1) is 24.0 Å². The highest BCUT2D eigenvalue weighted by molar-refractivity contribution is 5.70. The van der Waals surface area contributed by atoms with Crippen LogP contribution in [0.2, 0.25) is 0 Å². The molecule has 2 rings (SSSR count). The van der Waals surface area contributed by atoms with E-state index in [1.165, 1.54) is 0 Å². The Balaban J connectivity index is 2.34. The smallest absolute Gasteiger partial charge is 0.292 e. The topological polar surface area (TPSA) is 55.2 Å². The molecule has 2 aromatic rings. The third-order valence-corrected chi connectivity index (χ3v) is 2.68. The highest BCUT2D eigenvalue weighted by Gasteiger charge is 2.13. The van der Waals surface area contributed by atoms with E-state index in [2.05, 4.69) is 5.32 Å². The van der Waals surface area contributed by atoms with Gasteiger partial charge in [0.1, 0.15) is 5.69 Å². The number of hydrogen-bond acceptors (Lipinski definition) is 3. The number of rotatable bonds is 3. The van der Waals surface area contributed by atoms with Gasteiger partial charge in [-0.25, -0.2) is 0 Å². The molecule has 0 heterocycles. The summed E-state index contributed by atoms with van der Waals surface area (Å²) < 4.78 is 0. The summed E-state index contributed by atoms with van der Waals surface area (Å²) in [6.07, 6.45) is 0. The summed E-state index contributed by atoms with van der Waals surface area (Å²) in [6.45, 7) is 3.83. The number of benzene rings is 2. The van der Waals surface area contributed by atoms with Gasteiger partial charge in [0.2, 0.25) is 0 Å². The number of hydrogen-bond donors (Lipinski definition) is 1. The van der Waals surface area contributed by atoms with E-state index in [1.807, 2.05) is 44.2 Å². The van der Waals surface area contributed by atoms with Crippen LogP contribution in [0.4, 0.5) is 17.1 Å². The SMILES string of the molecule is Cc1ccc(Nc2ccc(C)cc2[N+](=O)[O-])cc1. The van der Waals surface area contributed by atoms with Crippen molar-refractivity contribution in [2.24, 2.45) is 0 Å². The zero-order valence-electron chi connectivity index (χ0n) is 10.3. The van der Waals surface area contributed by atoms with Crippen molar-refractivity contribution in [2.45, 2.75) is 13.8 Å². The quantitative estimate of drug-likeness (QED) is 0.654. The third-order valence-electron chi connectivity index (χ3n) is 2.68. The number of nitro benzene ring substituents is 1. The molecule has 0 atom stereocenters. The second kappa shape index (κ2) is 4.87.